The zero-order chi connectivity index (χ0) is 16.1. The first-order valence-electron chi connectivity index (χ1n) is 9.14. The van der Waals surface area contributed by atoms with Crippen LogP contribution in [0.5, 0.6) is 0 Å². The van der Waals surface area contributed by atoms with E-state index in [9.17, 15) is 9.59 Å². The third-order valence-corrected chi connectivity index (χ3v) is 5.18. The molecule has 2 heterocycles. The molecule has 2 aliphatic heterocycles. The Balaban J connectivity index is 1.44. The van der Waals surface area contributed by atoms with Gasteiger partial charge >= 0.3 is 0 Å². The van der Waals surface area contributed by atoms with Crippen molar-refractivity contribution in [2.45, 2.75) is 57.1 Å². The lowest BCUT2D eigenvalue weighted by Crippen LogP contribution is -2.53. The Labute approximate surface area is 138 Å². The zero-order valence-electron chi connectivity index (χ0n) is 14.0. The lowest BCUT2D eigenvalue weighted by atomic mass is 9.95. The molecule has 6 nitrogen and oxygen atoms in total. The van der Waals surface area contributed by atoms with Crippen LogP contribution in [-0.4, -0.2) is 73.1 Å². The van der Waals surface area contributed by atoms with Crippen molar-refractivity contribution in [1.82, 2.24) is 15.1 Å². The second kappa shape index (κ2) is 8.11. The number of carbonyl (C=O) groups excluding carboxylic acids is 2. The van der Waals surface area contributed by atoms with Gasteiger partial charge in [0.15, 0.2) is 0 Å². The van der Waals surface area contributed by atoms with Crippen molar-refractivity contribution in [3.63, 3.8) is 0 Å². The maximum atomic E-state index is 12.4. The Morgan fingerprint density at radius 3 is 2.48 bits per heavy atom. The van der Waals surface area contributed by atoms with Gasteiger partial charge in [0.25, 0.3) is 5.91 Å². The fourth-order valence-corrected chi connectivity index (χ4v) is 3.86. The zero-order valence-corrected chi connectivity index (χ0v) is 14.0. The van der Waals surface area contributed by atoms with E-state index in [1.54, 1.807) is 0 Å². The number of morpholine rings is 1. The average Bonchev–Trinajstić information content (AvgIpc) is 3.09. The van der Waals surface area contributed by atoms with Gasteiger partial charge in [-0.3, -0.25) is 14.5 Å². The molecule has 1 unspecified atom stereocenters. The first-order valence-corrected chi connectivity index (χ1v) is 9.14. The minimum absolute atomic E-state index is 0.0890. The van der Waals surface area contributed by atoms with Crippen LogP contribution in [0.2, 0.25) is 0 Å². The predicted octanol–water partition coefficient (Wildman–Crippen LogP) is 0.759. The molecule has 23 heavy (non-hydrogen) atoms. The van der Waals surface area contributed by atoms with Crippen molar-refractivity contribution in [2.75, 3.05) is 39.3 Å². The Hall–Kier alpha value is -1.14. The number of nitrogens with one attached hydrogen (secondary N) is 1. The monoisotopic (exact) mass is 323 g/mol. The van der Waals surface area contributed by atoms with Gasteiger partial charge in [0, 0.05) is 32.2 Å². The Morgan fingerprint density at radius 1 is 1.00 bits per heavy atom. The SMILES string of the molecule is O=C(CN1CCOC(C(=O)N2CCCC2)C1)NC1CCCCC1. The number of hydrogen-bond donors (Lipinski definition) is 1. The van der Waals surface area contributed by atoms with E-state index in [0.717, 1.165) is 45.3 Å². The van der Waals surface area contributed by atoms with Crippen LogP contribution in [0.3, 0.4) is 0 Å². The van der Waals surface area contributed by atoms with Crippen molar-refractivity contribution < 1.29 is 14.3 Å². The van der Waals surface area contributed by atoms with E-state index in [4.69, 9.17) is 4.74 Å². The largest absolute Gasteiger partial charge is 0.366 e. The van der Waals surface area contributed by atoms with Gasteiger partial charge in [-0.05, 0) is 25.7 Å². The molecule has 1 aliphatic carbocycles. The lowest BCUT2D eigenvalue weighted by Gasteiger charge is -2.34. The van der Waals surface area contributed by atoms with Crippen molar-refractivity contribution in [3.8, 4) is 0 Å². The summed E-state index contributed by atoms with van der Waals surface area (Å²) >= 11 is 0. The molecule has 6 heteroatoms. The molecule has 0 aromatic rings. The van der Waals surface area contributed by atoms with Gasteiger partial charge in [-0.25, -0.2) is 0 Å². The summed E-state index contributed by atoms with van der Waals surface area (Å²) in [4.78, 5) is 28.6. The highest BCUT2D eigenvalue weighted by Crippen LogP contribution is 2.17. The van der Waals surface area contributed by atoms with Crippen LogP contribution in [-0.2, 0) is 14.3 Å². The molecule has 0 spiro atoms. The first kappa shape index (κ1) is 16.7. The van der Waals surface area contributed by atoms with E-state index in [2.05, 4.69) is 10.2 Å². The topological polar surface area (TPSA) is 61.9 Å². The smallest absolute Gasteiger partial charge is 0.253 e. The summed E-state index contributed by atoms with van der Waals surface area (Å²) in [7, 11) is 0. The molecule has 1 atom stereocenters. The number of likely N-dealkylation sites (tertiary alicyclic amines) is 1. The van der Waals surface area contributed by atoms with Crippen LogP contribution in [0.15, 0.2) is 0 Å². The number of rotatable bonds is 4. The van der Waals surface area contributed by atoms with Gasteiger partial charge < -0.3 is 15.0 Å². The van der Waals surface area contributed by atoms with E-state index in [-0.39, 0.29) is 11.8 Å². The van der Waals surface area contributed by atoms with E-state index in [0.29, 0.717) is 25.7 Å². The number of ether oxygens (including phenoxy) is 1. The Kier molecular flexibility index (Phi) is 5.89. The quantitative estimate of drug-likeness (QED) is 0.830. The summed E-state index contributed by atoms with van der Waals surface area (Å²) in [5, 5.41) is 3.15. The number of hydrogen-bond acceptors (Lipinski definition) is 4. The lowest BCUT2D eigenvalue weighted by molar-refractivity contribution is -0.149. The summed E-state index contributed by atoms with van der Waals surface area (Å²) in [6, 6.07) is 0.347. The second-order valence-electron chi connectivity index (χ2n) is 7.03. The summed E-state index contributed by atoms with van der Waals surface area (Å²) in [5.74, 6) is 0.186. The molecule has 0 aromatic heterocycles. The minimum atomic E-state index is -0.399. The molecule has 2 amide bonds. The van der Waals surface area contributed by atoms with Crippen molar-refractivity contribution in [3.05, 3.63) is 0 Å². The highest BCUT2D eigenvalue weighted by molar-refractivity contribution is 5.82. The third-order valence-electron chi connectivity index (χ3n) is 5.18. The first-order chi connectivity index (χ1) is 11.2. The van der Waals surface area contributed by atoms with Crippen LogP contribution < -0.4 is 5.32 Å². The van der Waals surface area contributed by atoms with Crippen molar-refractivity contribution >= 4 is 11.8 Å². The maximum absolute atomic E-state index is 12.4. The van der Waals surface area contributed by atoms with Crippen LogP contribution in [0.25, 0.3) is 0 Å². The van der Waals surface area contributed by atoms with E-state index in [1.165, 1.54) is 19.3 Å². The standard InChI is InChI=1S/C17H29N3O3/c21-16(18-14-6-2-1-3-7-14)13-19-10-11-23-15(12-19)17(22)20-8-4-5-9-20/h14-15H,1-13H2,(H,18,21). The highest BCUT2D eigenvalue weighted by Gasteiger charge is 2.32. The molecule has 3 fully saturated rings. The normalized spacial score (nSPS) is 27.1. The average molecular weight is 323 g/mol. The fourth-order valence-electron chi connectivity index (χ4n) is 3.86. The van der Waals surface area contributed by atoms with Crippen LogP contribution in [0.1, 0.15) is 44.9 Å². The van der Waals surface area contributed by atoms with Crippen molar-refractivity contribution in [1.29, 1.82) is 0 Å². The molecule has 0 bridgehead atoms. The Morgan fingerprint density at radius 2 is 1.74 bits per heavy atom. The second-order valence-corrected chi connectivity index (χ2v) is 7.03. The Bertz CT molecular complexity index is 417. The molecule has 2 saturated heterocycles. The van der Waals surface area contributed by atoms with Gasteiger partial charge in [0.1, 0.15) is 6.10 Å². The predicted molar refractivity (Wildman–Crippen MR) is 87.0 cm³/mol. The molecular weight excluding hydrogens is 294 g/mol. The molecule has 0 radical (unpaired) electrons. The van der Waals surface area contributed by atoms with Crippen molar-refractivity contribution in [2.24, 2.45) is 0 Å². The van der Waals surface area contributed by atoms with Crippen LogP contribution >= 0.6 is 0 Å². The summed E-state index contributed by atoms with van der Waals surface area (Å²) < 4.78 is 5.65. The molecule has 1 saturated carbocycles. The van der Waals surface area contributed by atoms with Gasteiger partial charge in [-0.15, -0.1) is 0 Å². The molecule has 3 aliphatic rings. The van der Waals surface area contributed by atoms with Crippen LogP contribution in [0.4, 0.5) is 0 Å². The fraction of sp³-hybridized carbons (Fsp3) is 0.882. The highest BCUT2D eigenvalue weighted by atomic mass is 16.5. The van der Waals surface area contributed by atoms with Gasteiger partial charge in [0.2, 0.25) is 5.91 Å². The summed E-state index contributed by atoms with van der Waals surface area (Å²) in [5.41, 5.74) is 0. The van der Waals surface area contributed by atoms with E-state index < -0.39 is 6.10 Å². The molecule has 1 N–H and O–H groups in total. The van der Waals surface area contributed by atoms with E-state index in [1.807, 2.05) is 4.90 Å². The number of amides is 2. The minimum Gasteiger partial charge on any atom is -0.366 e. The summed E-state index contributed by atoms with van der Waals surface area (Å²) in [6.07, 6.45) is 7.71. The third kappa shape index (κ3) is 4.67. The maximum Gasteiger partial charge on any atom is 0.253 e. The summed E-state index contributed by atoms with van der Waals surface area (Å²) in [6.45, 7) is 3.86. The van der Waals surface area contributed by atoms with Gasteiger partial charge in [0.05, 0.1) is 13.2 Å². The number of nitrogens with zero attached hydrogens (tertiary/aromatic N) is 2. The molecule has 130 valence electrons. The number of carbonyl (C=O) groups is 2. The van der Waals surface area contributed by atoms with Gasteiger partial charge in [-0.2, -0.15) is 0 Å². The van der Waals surface area contributed by atoms with E-state index >= 15 is 0 Å². The van der Waals surface area contributed by atoms with Crippen LogP contribution in [0, 0.1) is 0 Å². The molecule has 3 rings (SSSR count). The van der Waals surface area contributed by atoms with Gasteiger partial charge in [-0.1, -0.05) is 19.3 Å². The molecular formula is C17H29N3O3. The molecule has 0 aromatic carbocycles.